The highest BCUT2D eigenvalue weighted by Crippen LogP contribution is 2.14. The summed E-state index contributed by atoms with van der Waals surface area (Å²) in [4.78, 5) is 31.1. The zero-order valence-electron chi connectivity index (χ0n) is 18.2. The molecule has 0 aliphatic heterocycles. The van der Waals surface area contributed by atoms with E-state index in [1.54, 1.807) is 12.1 Å². The van der Waals surface area contributed by atoms with Crippen LogP contribution in [-0.2, 0) is 16.0 Å². The van der Waals surface area contributed by atoms with Gasteiger partial charge in [-0.2, -0.15) is 0 Å². The van der Waals surface area contributed by atoms with Gasteiger partial charge in [0.15, 0.2) is 0 Å². The van der Waals surface area contributed by atoms with Gasteiger partial charge >= 0.3 is 11.9 Å². The third-order valence-electron chi connectivity index (χ3n) is 4.64. The molecule has 0 saturated heterocycles. The highest BCUT2D eigenvalue weighted by Gasteiger charge is 2.06. The molecule has 0 saturated carbocycles. The highest BCUT2D eigenvalue weighted by atomic mass is 16.6. The molecule has 0 unspecified atom stereocenters. The standard InChI is InChI=1S/C20H34N2O2.C2H2O4/c1-3-5-6-7-9-17-21(16-4-2)18-10-8-11-19-12-14-20(15-13-19)22(23)24;3-1(4)2(5)6/h12-15H,3-11,16-18H2,1-2H3;(H,3,4)(H,5,6). The Balaban J connectivity index is 0.00000122. The van der Waals surface area contributed by atoms with Crippen LogP contribution in [0.1, 0.15) is 70.8 Å². The predicted octanol–water partition coefficient (Wildman–Crippen LogP) is 4.76. The van der Waals surface area contributed by atoms with E-state index in [2.05, 4.69) is 18.7 Å². The van der Waals surface area contributed by atoms with Gasteiger partial charge in [-0.1, -0.05) is 51.7 Å². The molecule has 1 aromatic rings. The average Bonchev–Trinajstić information content (AvgIpc) is 2.71. The number of nitro benzene ring substituents is 1. The van der Waals surface area contributed by atoms with Crippen molar-refractivity contribution < 1.29 is 24.7 Å². The number of benzene rings is 1. The number of aryl methyl sites for hydroxylation is 1. The molecule has 0 aliphatic carbocycles. The highest BCUT2D eigenvalue weighted by molar-refractivity contribution is 6.27. The first-order valence-electron chi connectivity index (χ1n) is 10.7. The fourth-order valence-corrected chi connectivity index (χ4v) is 3.04. The van der Waals surface area contributed by atoms with Crippen LogP contribution in [0.15, 0.2) is 24.3 Å². The number of carboxylic acids is 2. The Bertz CT molecular complexity index is 607. The third kappa shape index (κ3) is 14.5. The zero-order valence-corrected chi connectivity index (χ0v) is 18.2. The first kappa shape index (κ1) is 27.5. The molecule has 0 spiro atoms. The number of aliphatic carboxylic acids is 2. The zero-order chi connectivity index (χ0) is 22.8. The van der Waals surface area contributed by atoms with Gasteiger partial charge in [-0.05, 0) is 57.3 Å². The molecular weight excluding hydrogens is 388 g/mol. The van der Waals surface area contributed by atoms with E-state index in [0.717, 1.165) is 12.8 Å². The van der Waals surface area contributed by atoms with Crippen molar-refractivity contribution in [2.75, 3.05) is 19.6 Å². The lowest BCUT2D eigenvalue weighted by atomic mass is 10.1. The van der Waals surface area contributed by atoms with E-state index >= 15 is 0 Å². The van der Waals surface area contributed by atoms with E-state index in [1.165, 1.54) is 70.1 Å². The van der Waals surface area contributed by atoms with Crippen LogP contribution in [0.5, 0.6) is 0 Å². The van der Waals surface area contributed by atoms with Crippen LogP contribution >= 0.6 is 0 Å². The van der Waals surface area contributed by atoms with Crippen LogP contribution in [-0.4, -0.2) is 51.6 Å². The summed E-state index contributed by atoms with van der Waals surface area (Å²) in [6, 6.07) is 6.98. The van der Waals surface area contributed by atoms with Crippen molar-refractivity contribution in [3.8, 4) is 0 Å². The quantitative estimate of drug-likeness (QED) is 0.191. The SMILES string of the molecule is CCCCCCCN(CCC)CCCCc1ccc([N+](=O)[O-])cc1.O=C(O)C(=O)O. The minimum Gasteiger partial charge on any atom is -0.473 e. The summed E-state index contributed by atoms with van der Waals surface area (Å²) in [6.07, 6.45) is 11.3. The van der Waals surface area contributed by atoms with Crippen LogP contribution in [0.25, 0.3) is 0 Å². The molecule has 2 N–H and O–H groups in total. The normalized spacial score (nSPS) is 10.4. The molecule has 0 atom stereocenters. The maximum Gasteiger partial charge on any atom is 0.414 e. The summed E-state index contributed by atoms with van der Waals surface area (Å²) >= 11 is 0. The van der Waals surface area contributed by atoms with E-state index in [1.807, 2.05) is 12.1 Å². The minimum atomic E-state index is -1.82. The lowest BCUT2D eigenvalue weighted by Crippen LogP contribution is -2.27. The molecule has 1 rings (SSSR count). The second-order valence-corrected chi connectivity index (χ2v) is 7.25. The molecule has 0 heterocycles. The summed E-state index contributed by atoms with van der Waals surface area (Å²) in [7, 11) is 0. The monoisotopic (exact) mass is 424 g/mol. The summed E-state index contributed by atoms with van der Waals surface area (Å²) in [5, 5.41) is 25.4. The lowest BCUT2D eigenvalue weighted by molar-refractivity contribution is -0.384. The van der Waals surface area contributed by atoms with Crippen LogP contribution in [0, 0.1) is 10.1 Å². The van der Waals surface area contributed by atoms with E-state index in [9.17, 15) is 10.1 Å². The van der Waals surface area contributed by atoms with Gasteiger partial charge in [0, 0.05) is 12.1 Å². The number of hydrogen-bond acceptors (Lipinski definition) is 5. The second kappa shape index (κ2) is 17.4. The Morgan fingerprint density at radius 1 is 0.833 bits per heavy atom. The Morgan fingerprint density at radius 2 is 1.37 bits per heavy atom. The van der Waals surface area contributed by atoms with Crippen LogP contribution in [0.3, 0.4) is 0 Å². The number of non-ortho nitro benzene ring substituents is 1. The van der Waals surface area contributed by atoms with E-state index < -0.39 is 11.9 Å². The van der Waals surface area contributed by atoms with E-state index in [0.29, 0.717) is 0 Å². The fourth-order valence-electron chi connectivity index (χ4n) is 3.04. The Hall–Kier alpha value is -2.48. The van der Waals surface area contributed by atoms with Crippen molar-refractivity contribution in [3.05, 3.63) is 39.9 Å². The molecule has 0 amide bonds. The number of hydrogen-bond donors (Lipinski definition) is 2. The van der Waals surface area contributed by atoms with Crippen molar-refractivity contribution in [3.63, 3.8) is 0 Å². The van der Waals surface area contributed by atoms with E-state index in [4.69, 9.17) is 19.8 Å². The number of carboxylic acid groups (broad SMARTS) is 2. The maximum atomic E-state index is 10.7. The minimum absolute atomic E-state index is 0.177. The topological polar surface area (TPSA) is 121 Å². The van der Waals surface area contributed by atoms with Crippen LogP contribution < -0.4 is 0 Å². The molecule has 0 bridgehead atoms. The van der Waals surface area contributed by atoms with Crippen molar-refractivity contribution in [2.45, 2.75) is 71.6 Å². The number of rotatable bonds is 14. The molecule has 8 nitrogen and oxygen atoms in total. The molecule has 0 radical (unpaired) electrons. The van der Waals surface area contributed by atoms with Gasteiger partial charge in [-0.25, -0.2) is 9.59 Å². The molecule has 30 heavy (non-hydrogen) atoms. The molecule has 170 valence electrons. The maximum absolute atomic E-state index is 10.7. The van der Waals surface area contributed by atoms with E-state index in [-0.39, 0.29) is 10.6 Å². The van der Waals surface area contributed by atoms with Gasteiger partial charge in [0.1, 0.15) is 0 Å². The van der Waals surface area contributed by atoms with Gasteiger partial charge in [0.05, 0.1) is 4.92 Å². The Labute approximate surface area is 179 Å². The van der Waals surface area contributed by atoms with Gasteiger partial charge in [0.25, 0.3) is 5.69 Å². The molecule has 0 aliphatic rings. The average molecular weight is 425 g/mol. The molecule has 0 aromatic heterocycles. The van der Waals surface area contributed by atoms with Crippen LogP contribution in [0.2, 0.25) is 0 Å². The van der Waals surface area contributed by atoms with Crippen molar-refractivity contribution in [1.29, 1.82) is 0 Å². The fraction of sp³-hybridized carbons (Fsp3) is 0.636. The van der Waals surface area contributed by atoms with Gasteiger partial charge in [-0.15, -0.1) is 0 Å². The summed E-state index contributed by atoms with van der Waals surface area (Å²) in [6.45, 7) is 8.12. The van der Waals surface area contributed by atoms with Gasteiger partial charge < -0.3 is 15.1 Å². The van der Waals surface area contributed by atoms with Gasteiger partial charge in [-0.3, -0.25) is 10.1 Å². The summed E-state index contributed by atoms with van der Waals surface area (Å²) < 4.78 is 0. The largest absolute Gasteiger partial charge is 0.473 e. The first-order valence-corrected chi connectivity index (χ1v) is 10.7. The Morgan fingerprint density at radius 3 is 1.83 bits per heavy atom. The number of carbonyl (C=O) groups is 2. The molecular formula is C22H36N2O6. The molecule has 1 aromatic carbocycles. The van der Waals surface area contributed by atoms with Crippen LogP contribution in [0.4, 0.5) is 5.69 Å². The predicted molar refractivity (Wildman–Crippen MR) is 117 cm³/mol. The van der Waals surface area contributed by atoms with Crippen molar-refractivity contribution in [2.24, 2.45) is 0 Å². The second-order valence-electron chi connectivity index (χ2n) is 7.25. The number of unbranched alkanes of at least 4 members (excludes halogenated alkanes) is 5. The van der Waals surface area contributed by atoms with Gasteiger partial charge in [0.2, 0.25) is 0 Å². The summed E-state index contributed by atoms with van der Waals surface area (Å²) in [5.74, 6) is -3.65. The molecule has 0 fully saturated rings. The number of nitro groups is 1. The molecule has 8 heteroatoms. The summed E-state index contributed by atoms with van der Waals surface area (Å²) in [5.41, 5.74) is 1.37. The lowest BCUT2D eigenvalue weighted by Gasteiger charge is -2.21. The Kier molecular flexibility index (Phi) is 15.9. The smallest absolute Gasteiger partial charge is 0.414 e. The van der Waals surface area contributed by atoms with Crippen molar-refractivity contribution >= 4 is 17.6 Å². The van der Waals surface area contributed by atoms with Crippen molar-refractivity contribution in [1.82, 2.24) is 4.90 Å². The third-order valence-corrected chi connectivity index (χ3v) is 4.64. The first-order chi connectivity index (χ1) is 14.3. The number of nitrogens with zero attached hydrogens (tertiary/aromatic N) is 2.